The zero-order valence-corrected chi connectivity index (χ0v) is 18.9. The largest absolute Gasteiger partial charge is 0.451 e. The highest BCUT2D eigenvalue weighted by molar-refractivity contribution is 6.00. The van der Waals surface area contributed by atoms with Crippen LogP contribution in [0.15, 0.2) is 48.9 Å². The molecule has 0 saturated carbocycles. The number of nitrogens with one attached hydrogen (secondary N) is 1. The summed E-state index contributed by atoms with van der Waals surface area (Å²) in [6.45, 7) is 6.29. The quantitative estimate of drug-likeness (QED) is 0.614. The maximum atomic E-state index is 13.6. The van der Waals surface area contributed by atoms with E-state index in [1.165, 1.54) is 4.80 Å². The van der Waals surface area contributed by atoms with Gasteiger partial charge in [0.1, 0.15) is 17.0 Å². The Bertz CT molecular complexity index is 1210. The fourth-order valence-electron chi connectivity index (χ4n) is 4.64. The number of cyclic esters (lactones) is 1. The van der Waals surface area contributed by atoms with Crippen molar-refractivity contribution in [3.05, 3.63) is 65.6 Å². The highest BCUT2D eigenvalue weighted by Crippen LogP contribution is 2.38. The molecule has 2 atom stereocenters. The molecule has 4 heterocycles. The highest BCUT2D eigenvalue weighted by atomic mass is 16.6. The summed E-state index contributed by atoms with van der Waals surface area (Å²) in [5.41, 5.74) is 1.81. The Morgan fingerprint density at radius 3 is 2.67 bits per heavy atom. The second kappa shape index (κ2) is 7.99. The van der Waals surface area contributed by atoms with Crippen LogP contribution in [0.1, 0.15) is 59.9 Å². The lowest BCUT2D eigenvalue weighted by Gasteiger charge is -2.38. The van der Waals surface area contributed by atoms with E-state index in [9.17, 15) is 9.59 Å². The number of rotatable bonds is 4. The SMILES string of the molecule is CC1CCC(Nc2nccc3c2C(=O)OC3(C)C)CN1C(=O)c1ccccc1-n1nccn1. The summed E-state index contributed by atoms with van der Waals surface area (Å²) in [5, 5.41) is 11.8. The van der Waals surface area contributed by atoms with E-state index in [-0.39, 0.29) is 24.0 Å². The van der Waals surface area contributed by atoms with Crippen molar-refractivity contribution < 1.29 is 14.3 Å². The van der Waals surface area contributed by atoms with Crippen LogP contribution in [0, 0.1) is 0 Å². The number of aromatic nitrogens is 4. The average molecular weight is 447 g/mol. The van der Waals surface area contributed by atoms with Crippen LogP contribution >= 0.6 is 0 Å². The molecule has 0 radical (unpaired) electrons. The summed E-state index contributed by atoms with van der Waals surface area (Å²) in [5.74, 6) is 0.0632. The van der Waals surface area contributed by atoms with Gasteiger partial charge in [0.2, 0.25) is 0 Å². The summed E-state index contributed by atoms with van der Waals surface area (Å²) in [4.78, 5) is 33.9. The van der Waals surface area contributed by atoms with Crippen molar-refractivity contribution in [2.75, 3.05) is 11.9 Å². The number of anilines is 1. The first-order chi connectivity index (χ1) is 15.8. The van der Waals surface area contributed by atoms with Crippen molar-refractivity contribution in [2.45, 2.75) is 51.3 Å². The second-order valence-electron chi connectivity index (χ2n) is 9.04. The third-order valence-electron chi connectivity index (χ3n) is 6.40. The van der Waals surface area contributed by atoms with Gasteiger partial charge in [-0.25, -0.2) is 9.78 Å². The Hall–Kier alpha value is -3.75. The molecule has 33 heavy (non-hydrogen) atoms. The van der Waals surface area contributed by atoms with E-state index in [4.69, 9.17) is 4.74 Å². The maximum Gasteiger partial charge on any atom is 0.343 e. The smallest absolute Gasteiger partial charge is 0.343 e. The molecule has 1 saturated heterocycles. The van der Waals surface area contributed by atoms with E-state index in [0.717, 1.165) is 18.4 Å². The van der Waals surface area contributed by atoms with Gasteiger partial charge >= 0.3 is 5.97 Å². The fraction of sp³-hybridized carbons (Fsp3) is 0.375. The molecule has 5 rings (SSSR count). The van der Waals surface area contributed by atoms with Gasteiger partial charge < -0.3 is 15.0 Å². The molecule has 1 amide bonds. The summed E-state index contributed by atoms with van der Waals surface area (Å²) < 4.78 is 5.53. The number of nitrogens with zero attached hydrogens (tertiary/aromatic N) is 5. The number of hydrogen-bond donors (Lipinski definition) is 1. The third-order valence-corrected chi connectivity index (χ3v) is 6.40. The van der Waals surface area contributed by atoms with Crippen LogP contribution in [0.5, 0.6) is 0 Å². The average Bonchev–Trinajstić information content (AvgIpc) is 3.41. The number of carbonyl (C=O) groups excluding carboxylic acids is 2. The van der Waals surface area contributed by atoms with Crippen molar-refractivity contribution >= 4 is 17.7 Å². The van der Waals surface area contributed by atoms with Gasteiger partial charge in [-0.05, 0) is 51.8 Å². The van der Waals surface area contributed by atoms with Gasteiger partial charge in [0, 0.05) is 30.4 Å². The van der Waals surface area contributed by atoms with Gasteiger partial charge in [0.15, 0.2) is 0 Å². The van der Waals surface area contributed by atoms with E-state index < -0.39 is 5.60 Å². The Labute approximate surface area is 191 Å². The van der Waals surface area contributed by atoms with Crippen LogP contribution in [0.25, 0.3) is 5.69 Å². The topological polar surface area (TPSA) is 102 Å². The Balaban J connectivity index is 1.40. The Morgan fingerprint density at radius 2 is 1.88 bits per heavy atom. The minimum Gasteiger partial charge on any atom is -0.451 e. The first-order valence-electron chi connectivity index (χ1n) is 11.1. The van der Waals surface area contributed by atoms with E-state index in [1.807, 2.05) is 43.0 Å². The number of ether oxygens (including phenoxy) is 1. The maximum absolute atomic E-state index is 13.6. The molecular formula is C24H26N6O3. The molecule has 9 heteroatoms. The van der Waals surface area contributed by atoms with Crippen molar-refractivity contribution in [3.63, 3.8) is 0 Å². The van der Waals surface area contributed by atoms with Crippen LogP contribution in [0.4, 0.5) is 5.82 Å². The number of likely N-dealkylation sites (tertiary alicyclic amines) is 1. The molecule has 0 aliphatic carbocycles. The van der Waals surface area contributed by atoms with Crippen molar-refractivity contribution in [3.8, 4) is 5.69 Å². The summed E-state index contributed by atoms with van der Waals surface area (Å²) >= 11 is 0. The van der Waals surface area contributed by atoms with Crippen LogP contribution < -0.4 is 5.32 Å². The number of piperidine rings is 1. The molecule has 9 nitrogen and oxygen atoms in total. The molecule has 2 aliphatic rings. The van der Waals surface area contributed by atoms with Gasteiger partial charge in [0.05, 0.1) is 23.6 Å². The number of carbonyl (C=O) groups is 2. The third kappa shape index (κ3) is 3.73. The number of esters is 1. The number of pyridine rings is 1. The zero-order chi connectivity index (χ0) is 23.2. The molecule has 0 spiro atoms. The normalized spacial score (nSPS) is 21.4. The molecule has 2 aliphatic heterocycles. The van der Waals surface area contributed by atoms with Crippen LogP contribution in [0.2, 0.25) is 0 Å². The van der Waals surface area contributed by atoms with Gasteiger partial charge in [-0.3, -0.25) is 4.79 Å². The highest BCUT2D eigenvalue weighted by Gasteiger charge is 2.41. The monoisotopic (exact) mass is 446 g/mol. The van der Waals surface area contributed by atoms with Crippen LogP contribution in [-0.4, -0.2) is 55.4 Å². The molecule has 1 aromatic carbocycles. The Kier molecular flexibility index (Phi) is 5.11. The molecule has 0 bridgehead atoms. The van der Waals surface area contributed by atoms with Gasteiger partial charge in [-0.2, -0.15) is 15.0 Å². The molecule has 170 valence electrons. The number of amides is 1. The lowest BCUT2D eigenvalue weighted by atomic mass is 9.95. The summed E-state index contributed by atoms with van der Waals surface area (Å²) in [7, 11) is 0. The fourth-order valence-corrected chi connectivity index (χ4v) is 4.64. The van der Waals surface area contributed by atoms with Crippen molar-refractivity contribution in [2.24, 2.45) is 0 Å². The van der Waals surface area contributed by atoms with E-state index in [0.29, 0.717) is 29.2 Å². The summed E-state index contributed by atoms with van der Waals surface area (Å²) in [6.07, 6.45) is 6.55. The second-order valence-corrected chi connectivity index (χ2v) is 9.04. The van der Waals surface area contributed by atoms with E-state index >= 15 is 0 Å². The number of benzene rings is 1. The van der Waals surface area contributed by atoms with E-state index in [1.54, 1.807) is 24.7 Å². The molecule has 2 unspecified atom stereocenters. The van der Waals surface area contributed by atoms with Gasteiger partial charge in [0.25, 0.3) is 5.91 Å². The zero-order valence-electron chi connectivity index (χ0n) is 18.9. The lowest BCUT2D eigenvalue weighted by molar-refractivity contribution is 0.00955. The molecule has 2 aromatic heterocycles. The molecule has 1 fully saturated rings. The number of fused-ring (bicyclic) bond motifs is 1. The van der Waals surface area contributed by atoms with E-state index in [2.05, 4.69) is 27.4 Å². The van der Waals surface area contributed by atoms with Crippen molar-refractivity contribution in [1.29, 1.82) is 0 Å². The Morgan fingerprint density at radius 1 is 1.12 bits per heavy atom. The predicted octanol–water partition coefficient (Wildman–Crippen LogP) is 3.17. The first kappa shape index (κ1) is 21.1. The predicted molar refractivity (Wildman–Crippen MR) is 121 cm³/mol. The minimum atomic E-state index is -0.681. The van der Waals surface area contributed by atoms with Crippen LogP contribution in [-0.2, 0) is 10.3 Å². The minimum absolute atomic E-state index is 0.0457. The van der Waals surface area contributed by atoms with Gasteiger partial charge in [-0.1, -0.05) is 12.1 Å². The lowest BCUT2D eigenvalue weighted by Crippen LogP contribution is -2.50. The number of hydrogen-bond acceptors (Lipinski definition) is 7. The van der Waals surface area contributed by atoms with Gasteiger partial charge in [-0.15, -0.1) is 0 Å². The van der Waals surface area contributed by atoms with Crippen LogP contribution in [0.3, 0.4) is 0 Å². The standard InChI is InChI=1S/C24H26N6O3/c1-15-8-9-16(28-21-20-18(10-11-25-21)24(2,3)33-23(20)32)14-29(15)22(31)17-6-4-5-7-19(17)30-26-12-13-27-30/h4-7,10-13,15-16H,8-9,14H2,1-3H3,(H,25,28). The summed E-state index contributed by atoms with van der Waals surface area (Å²) in [6, 6.07) is 9.20. The number of para-hydroxylation sites is 1. The first-order valence-corrected chi connectivity index (χ1v) is 11.1. The molecule has 3 aromatic rings. The molecular weight excluding hydrogens is 420 g/mol. The van der Waals surface area contributed by atoms with Crippen molar-refractivity contribution in [1.82, 2.24) is 24.9 Å². The molecule has 1 N–H and O–H groups in total.